The number of fused-ring (bicyclic) bond motifs is 2. The summed E-state index contributed by atoms with van der Waals surface area (Å²) in [6.45, 7) is 3.89. The molecule has 33 heavy (non-hydrogen) atoms. The summed E-state index contributed by atoms with van der Waals surface area (Å²) in [5, 5.41) is 2.88. The molecule has 2 bridgehead atoms. The Bertz CT molecular complexity index is 702. The molecule has 1 N–H and O–H groups in total. The van der Waals surface area contributed by atoms with Gasteiger partial charge in [-0.1, -0.05) is 29.0 Å². The highest BCUT2D eigenvalue weighted by molar-refractivity contribution is 14.1. The number of carbonyl (C=O) groups is 4. The number of esters is 3. The van der Waals surface area contributed by atoms with E-state index in [1.165, 1.54) is 20.8 Å². The number of carbonyl (C=O) groups excluding carboxylic acids is 4. The largest absolute Gasteiger partial charge is 0.458 e. The van der Waals surface area contributed by atoms with Gasteiger partial charge in [-0.25, -0.2) is 4.79 Å². The number of nitrogens with one attached hydrogen (secondary N) is 1. The Morgan fingerprint density at radius 1 is 1.03 bits per heavy atom. The molecule has 1 aliphatic heterocycles. The van der Waals surface area contributed by atoms with E-state index >= 15 is 0 Å². The zero-order valence-corrected chi connectivity index (χ0v) is 21.9. The molecule has 1 saturated carbocycles. The first kappa shape index (κ1) is 27.7. The van der Waals surface area contributed by atoms with Crippen LogP contribution in [0.25, 0.3) is 0 Å². The molecule has 1 amide bonds. The van der Waals surface area contributed by atoms with Crippen molar-refractivity contribution in [3.8, 4) is 0 Å². The minimum Gasteiger partial charge on any atom is -0.458 e. The molecule has 2 aliphatic rings. The van der Waals surface area contributed by atoms with Gasteiger partial charge >= 0.3 is 24.0 Å². The average molecular weight is 581 g/mol. The molecule has 0 aromatic heterocycles. The lowest BCUT2D eigenvalue weighted by Gasteiger charge is -2.44. The zero-order valence-electron chi connectivity index (χ0n) is 19.7. The van der Waals surface area contributed by atoms with Gasteiger partial charge in [-0.2, -0.15) is 0 Å². The third kappa shape index (κ3) is 9.29. The van der Waals surface area contributed by atoms with E-state index in [-0.39, 0.29) is 17.7 Å². The molecule has 2 fully saturated rings. The van der Waals surface area contributed by atoms with E-state index in [1.54, 1.807) is 0 Å². The van der Waals surface area contributed by atoms with Gasteiger partial charge in [0.2, 0.25) is 0 Å². The monoisotopic (exact) mass is 581 g/mol. The lowest BCUT2D eigenvalue weighted by Crippen LogP contribution is -2.55. The van der Waals surface area contributed by atoms with Crippen LogP contribution in [-0.4, -0.2) is 58.4 Å². The molecule has 1 aliphatic carbocycles. The standard InChI is InChI=1S/C23H36INO8/c1-15(26)30-19(21(32-17(3)28)20(10-13-24)31-16(2)27)9-5-4-6-11-23-12-7-8-18(14-23)25-22(29)33-23/h18-21H,4-14H2,1-3H3,(H,25,29). The predicted molar refractivity (Wildman–Crippen MR) is 128 cm³/mol. The van der Waals surface area contributed by atoms with Crippen molar-refractivity contribution < 1.29 is 38.1 Å². The summed E-state index contributed by atoms with van der Waals surface area (Å²) in [6, 6.07) is 0.203. The Balaban J connectivity index is 1.96. The molecular formula is C23H36INO8. The van der Waals surface area contributed by atoms with Crippen LogP contribution in [0, 0.1) is 0 Å². The van der Waals surface area contributed by atoms with Gasteiger partial charge in [-0.15, -0.1) is 0 Å². The van der Waals surface area contributed by atoms with Crippen LogP contribution in [0.1, 0.15) is 85.0 Å². The lowest BCUT2D eigenvalue weighted by molar-refractivity contribution is -0.183. The quantitative estimate of drug-likeness (QED) is 0.114. The van der Waals surface area contributed by atoms with Crippen LogP contribution in [-0.2, 0) is 33.3 Å². The average Bonchev–Trinajstić information content (AvgIpc) is 2.69. The maximum absolute atomic E-state index is 11.9. The Morgan fingerprint density at radius 3 is 2.27 bits per heavy atom. The van der Waals surface area contributed by atoms with Gasteiger partial charge in [0.15, 0.2) is 6.10 Å². The maximum atomic E-state index is 11.9. The summed E-state index contributed by atoms with van der Waals surface area (Å²) in [6.07, 6.45) is 5.34. The second kappa shape index (κ2) is 13.3. The summed E-state index contributed by atoms with van der Waals surface area (Å²) in [7, 11) is 0. The van der Waals surface area contributed by atoms with Crippen molar-refractivity contribution in [2.75, 3.05) is 4.43 Å². The number of hydrogen-bond donors (Lipinski definition) is 1. The number of ether oxygens (including phenoxy) is 4. The third-order valence-corrected chi connectivity index (χ3v) is 6.74. The van der Waals surface area contributed by atoms with E-state index in [1.807, 2.05) is 0 Å². The molecule has 0 radical (unpaired) electrons. The molecule has 2 rings (SSSR count). The van der Waals surface area contributed by atoms with Crippen LogP contribution >= 0.6 is 22.6 Å². The van der Waals surface area contributed by atoms with Crippen LogP contribution in [0.15, 0.2) is 0 Å². The molecule has 0 spiro atoms. The molecule has 188 valence electrons. The summed E-state index contributed by atoms with van der Waals surface area (Å²) < 4.78 is 22.8. The molecule has 1 heterocycles. The van der Waals surface area contributed by atoms with Gasteiger partial charge in [0.1, 0.15) is 17.8 Å². The van der Waals surface area contributed by atoms with Crippen LogP contribution in [0.4, 0.5) is 4.79 Å². The Kier molecular flexibility index (Phi) is 11.2. The van der Waals surface area contributed by atoms with Crippen LogP contribution < -0.4 is 5.32 Å². The fourth-order valence-corrected chi connectivity index (χ4v) is 5.49. The topological polar surface area (TPSA) is 117 Å². The summed E-state index contributed by atoms with van der Waals surface area (Å²) >= 11 is 2.16. The smallest absolute Gasteiger partial charge is 0.407 e. The van der Waals surface area contributed by atoms with E-state index in [4.69, 9.17) is 18.9 Å². The second-order valence-electron chi connectivity index (χ2n) is 8.96. The van der Waals surface area contributed by atoms with Crippen LogP contribution in [0.2, 0.25) is 0 Å². The van der Waals surface area contributed by atoms with E-state index in [9.17, 15) is 19.2 Å². The van der Waals surface area contributed by atoms with Crippen molar-refractivity contribution in [2.45, 2.75) is 115 Å². The fourth-order valence-electron chi connectivity index (χ4n) is 4.88. The number of unbranched alkanes of at least 4 members (excludes halogenated alkanes) is 2. The minimum absolute atomic E-state index is 0.203. The van der Waals surface area contributed by atoms with Gasteiger partial charge < -0.3 is 24.3 Å². The van der Waals surface area contributed by atoms with E-state index in [0.717, 1.165) is 51.4 Å². The van der Waals surface area contributed by atoms with Crippen LogP contribution in [0.3, 0.4) is 0 Å². The Hall–Kier alpha value is -1.59. The molecule has 1 saturated heterocycles. The zero-order chi connectivity index (χ0) is 24.4. The fraction of sp³-hybridized carbons (Fsp3) is 0.826. The van der Waals surface area contributed by atoms with Crippen molar-refractivity contribution in [2.24, 2.45) is 0 Å². The summed E-state index contributed by atoms with van der Waals surface area (Å²) in [4.78, 5) is 47.0. The molecule has 0 aromatic rings. The summed E-state index contributed by atoms with van der Waals surface area (Å²) in [5.74, 6) is -1.49. The molecule has 5 atom stereocenters. The maximum Gasteiger partial charge on any atom is 0.407 e. The van der Waals surface area contributed by atoms with Crippen molar-refractivity contribution in [3.05, 3.63) is 0 Å². The number of hydrogen-bond acceptors (Lipinski definition) is 8. The predicted octanol–water partition coefficient (Wildman–Crippen LogP) is 3.98. The summed E-state index contributed by atoms with van der Waals surface area (Å²) in [5.41, 5.74) is -0.373. The van der Waals surface area contributed by atoms with E-state index < -0.39 is 36.2 Å². The molecule has 5 unspecified atom stereocenters. The van der Waals surface area contributed by atoms with Crippen molar-refractivity contribution in [1.29, 1.82) is 0 Å². The first-order valence-electron chi connectivity index (χ1n) is 11.7. The third-order valence-electron chi connectivity index (χ3n) is 6.12. The van der Waals surface area contributed by atoms with Crippen molar-refractivity contribution >= 4 is 46.6 Å². The van der Waals surface area contributed by atoms with Crippen molar-refractivity contribution in [3.63, 3.8) is 0 Å². The van der Waals surface area contributed by atoms with E-state index in [0.29, 0.717) is 17.3 Å². The molecule has 10 heteroatoms. The van der Waals surface area contributed by atoms with Gasteiger partial charge in [0.25, 0.3) is 0 Å². The number of halogens is 1. The molecule has 9 nitrogen and oxygen atoms in total. The van der Waals surface area contributed by atoms with E-state index in [2.05, 4.69) is 27.9 Å². The Morgan fingerprint density at radius 2 is 1.67 bits per heavy atom. The highest BCUT2D eigenvalue weighted by Crippen LogP contribution is 2.39. The molecular weight excluding hydrogens is 545 g/mol. The first-order chi connectivity index (χ1) is 15.6. The number of alkyl halides is 1. The number of amides is 1. The second-order valence-corrected chi connectivity index (χ2v) is 10.0. The van der Waals surface area contributed by atoms with Gasteiger partial charge in [-0.3, -0.25) is 14.4 Å². The van der Waals surface area contributed by atoms with Gasteiger partial charge in [-0.05, 0) is 51.4 Å². The number of rotatable bonds is 13. The lowest BCUT2D eigenvalue weighted by atomic mass is 9.77. The molecule has 0 aromatic carbocycles. The van der Waals surface area contributed by atoms with Gasteiger partial charge in [0.05, 0.1) is 0 Å². The highest BCUT2D eigenvalue weighted by atomic mass is 127. The normalized spacial score (nSPS) is 24.5. The highest BCUT2D eigenvalue weighted by Gasteiger charge is 2.43. The van der Waals surface area contributed by atoms with Crippen molar-refractivity contribution in [1.82, 2.24) is 5.32 Å². The van der Waals surface area contributed by atoms with Gasteiger partial charge in [0, 0.05) is 37.7 Å². The van der Waals surface area contributed by atoms with Crippen LogP contribution in [0.5, 0.6) is 0 Å². The number of alkyl carbamates (subject to hydrolysis) is 1. The minimum atomic E-state index is -0.867. The Labute approximate surface area is 209 Å². The first-order valence-corrected chi connectivity index (χ1v) is 13.2. The SMILES string of the molecule is CC(=O)OC(CCI)C(OC(C)=O)C(CCCCCC12CCCC(C1)NC(=O)O2)OC(C)=O.